The molecule has 0 amide bonds. The molecule has 1 aromatic heterocycles. The molecule has 1 saturated heterocycles. The molecule has 5 rings (SSSR count). The van der Waals surface area contributed by atoms with Gasteiger partial charge in [0.15, 0.2) is 6.10 Å². The second kappa shape index (κ2) is 7.21. The Kier molecular flexibility index (Phi) is 4.87. The van der Waals surface area contributed by atoms with Gasteiger partial charge in [0, 0.05) is 6.07 Å². The van der Waals surface area contributed by atoms with Crippen LogP contribution in [0.4, 0.5) is 13.2 Å². The fourth-order valence-electron chi connectivity index (χ4n) is 6.06. The number of aromatic nitrogens is 1. The molecular formula is C22H26F3NO4. The molecule has 0 aromatic carbocycles. The van der Waals surface area contributed by atoms with Crippen molar-refractivity contribution >= 4 is 0 Å². The van der Waals surface area contributed by atoms with Crippen molar-refractivity contribution in [2.75, 3.05) is 0 Å². The van der Waals surface area contributed by atoms with Crippen molar-refractivity contribution in [3.05, 3.63) is 35.5 Å². The Morgan fingerprint density at radius 1 is 1.13 bits per heavy atom. The Morgan fingerprint density at radius 3 is 2.63 bits per heavy atom. The van der Waals surface area contributed by atoms with Crippen LogP contribution in [0.1, 0.15) is 38.3 Å². The van der Waals surface area contributed by atoms with Crippen LogP contribution in [0.15, 0.2) is 29.8 Å². The monoisotopic (exact) mass is 425 g/mol. The van der Waals surface area contributed by atoms with Crippen LogP contribution >= 0.6 is 0 Å². The van der Waals surface area contributed by atoms with Gasteiger partial charge in [-0.3, -0.25) is 0 Å². The average Bonchev–Trinajstić information content (AvgIpc) is 3.41. The Labute approximate surface area is 172 Å². The fourth-order valence-corrected chi connectivity index (χ4v) is 6.06. The first kappa shape index (κ1) is 20.3. The molecule has 3 aliphatic carbocycles. The van der Waals surface area contributed by atoms with Crippen molar-refractivity contribution in [1.29, 1.82) is 0 Å². The number of hydrogen-bond acceptors (Lipinski definition) is 5. The van der Waals surface area contributed by atoms with Crippen LogP contribution in [0, 0.1) is 23.7 Å². The molecule has 5 nitrogen and oxygen atoms in total. The predicted octanol–water partition coefficient (Wildman–Crippen LogP) is 3.35. The summed E-state index contributed by atoms with van der Waals surface area (Å²) in [6.07, 6.45) is -2.50. The standard InChI is InChI=1S/C22H26F3NO4/c1-10-18(27)19(28)21(30-17-4-2-3-16(26-17)22(23,24)25)20(29-10)13-8-14-11-5-6-12(7-11)15(14)9-13/h2-4,8,10-12,14-15,18-21,27-28H,5-7,9H2,1H3/t10-,11+,12-,14?,15?,18+,19+,20-,21-/m1/s1. The van der Waals surface area contributed by atoms with Gasteiger partial charge in [-0.05, 0) is 67.9 Å². The first-order chi connectivity index (χ1) is 14.2. The molecule has 30 heavy (non-hydrogen) atoms. The number of aliphatic hydroxyl groups excluding tert-OH is 2. The third-order valence-corrected chi connectivity index (χ3v) is 7.50. The summed E-state index contributed by atoms with van der Waals surface area (Å²) in [5.41, 5.74) is -0.0424. The van der Waals surface area contributed by atoms with Crippen LogP contribution in [0.2, 0.25) is 0 Å². The normalized spacial score (nSPS) is 42.9. The maximum atomic E-state index is 13.0. The smallest absolute Gasteiger partial charge is 0.433 e. The van der Waals surface area contributed by atoms with E-state index in [9.17, 15) is 23.4 Å². The van der Waals surface area contributed by atoms with Gasteiger partial charge in [0.05, 0.1) is 6.10 Å². The SMILES string of the molecule is C[C@H]1O[C@H](C2=CC3C(C2)[C@@H]2CC[C@H]3C2)[C@H](Oc2cccc(C(F)(F)F)n2)[C@@H](O)[C@H]1O. The van der Waals surface area contributed by atoms with Gasteiger partial charge in [0.2, 0.25) is 5.88 Å². The van der Waals surface area contributed by atoms with E-state index >= 15 is 0 Å². The van der Waals surface area contributed by atoms with E-state index in [1.807, 2.05) is 0 Å². The quantitative estimate of drug-likeness (QED) is 0.727. The highest BCUT2D eigenvalue weighted by Crippen LogP contribution is 2.58. The van der Waals surface area contributed by atoms with Crippen molar-refractivity contribution in [2.45, 2.75) is 69.3 Å². The highest BCUT2D eigenvalue weighted by Gasteiger charge is 2.53. The third-order valence-electron chi connectivity index (χ3n) is 7.50. The number of nitrogens with zero attached hydrogens (tertiary/aromatic N) is 1. The number of ether oxygens (including phenoxy) is 2. The Bertz CT molecular complexity index is 844. The lowest BCUT2D eigenvalue weighted by Gasteiger charge is -2.42. The number of hydrogen-bond donors (Lipinski definition) is 2. The molecule has 1 aromatic rings. The lowest BCUT2D eigenvalue weighted by Crippen LogP contribution is -2.59. The molecule has 1 aliphatic heterocycles. The van der Waals surface area contributed by atoms with E-state index in [0.717, 1.165) is 24.0 Å². The minimum absolute atomic E-state index is 0.247. The van der Waals surface area contributed by atoms with E-state index in [1.165, 1.54) is 31.4 Å². The van der Waals surface area contributed by atoms with Gasteiger partial charge >= 0.3 is 6.18 Å². The van der Waals surface area contributed by atoms with Crippen molar-refractivity contribution in [1.82, 2.24) is 4.98 Å². The molecule has 0 spiro atoms. The summed E-state index contributed by atoms with van der Waals surface area (Å²) in [7, 11) is 0. The second-order valence-electron chi connectivity index (χ2n) is 9.20. The summed E-state index contributed by atoms with van der Waals surface area (Å²) in [6.45, 7) is 1.68. The summed E-state index contributed by atoms with van der Waals surface area (Å²) in [5.74, 6) is 2.25. The van der Waals surface area contributed by atoms with E-state index in [-0.39, 0.29) is 5.88 Å². The number of halogens is 3. The molecule has 2 N–H and O–H groups in total. The van der Waals surface area contributed by atoms with E-state index in [1.54, 1.807) is 6.92 Å². The van der Waals surface area contributed by atoms with Crippen molar-refractivity contribution in [3.8, 4) is 5.88 Å². The predicted molar refractivity (Wildman–Crippen MR) is 101 cm³/mol. The highest BCUT2D eigenvalue weighted by molar-refractivity contribution is 5.27. The van der Waals surface area contributed by atoms with Gasteiger partial charge in [-0.15, -0.1) is 0 Å². The summed E-state index contributed by atoms with van der Waals surface area (Å²) in [6, 6.07) is 3.40. The first-order valence-electron chi connectivity index (χ1n) is 10.7. The van der Waals surface area contributed by atoms with Gasteiger partial charge in [-0.25, -0.2) is 4.98 Å². The summed E-state index contributed by atoms with van der Waals surface area (Å²) in [4.78, 5) is 3.55. The highest BCUT2D eigenvalue weighted by atomic mass is 19.4. The summed E-state index contributed by atoms with van der Waals surface area (Å²) in [5, 5.41) is 21.0. The van der Waals surface area contributed by atoms with Crippen molar-refractivity contribution in [3.63, 3.8) is 0 Å². The maximum absolute atomic E-state index is 13.0. The van der Waals surface area contributed by atoms with E-state index in [0.29, 0.717) is 17.8 Å². The molecule has 164 valence electrons. The van der Waals surface area contributed by atoms with Crippen LogP contribution < -0.4 is 4.74 Å². The Hall–Kier alpha value is -1.64. The number of pyridine rings is 1. The van der Waals surface area contributed by atoms with E-state index in [2.05, 4.69) is 11.1 Å². The Balaban J connectivity index is 1.42. The molecule has 2 heterocycles. The summed E-state index contributed by atoms with van der Waals surface area (Å²) < 4.78 is 50.9. The van der Waals surface area contributed by atoms with E-state index in [4.69, 9.17) is 9.47 Å². The van der Waals surface area contributed by atoms with Gasteiger partial charge in [-0.2, -0.15) is 13.2 Å². The van der Waals surface area contributed by atoms with Gasteiger partial charge in [-0.1, -0.05) is 12.1 Å². The first-order valence-corrected chi connectivity index (χ1v) is 10.7. The van der Waals surface area contributed by atoms with Gasteiger partial charge in [0.1, 0.15) is 24.0 Å². The van der Waals surface area contributed by atoms with Crippen molar-refractivity contribution in [2.24, 2.45) is 23.7 Å². The molecule has 2 saturated carbocycles. The zero-order valence-electron chi connectivity index (χ0n) is 16.6. The fraction of sp³-hybridized carbons (Fsp3) is 0.682. The average molecular weight is 425 g/mol. The molecule has 0 radical (unpaired) electrons. The molecular weight excluding hydrogens is 399 g/mol. The lowest BCUT2D eigenvalue weighted by molar-refractivity contribution is -0.201. The third kappa shape index (κ3) is 3.33. The minimum atomic E-state index is -4.60. The number of fused-ring (bicyclic) bond motifs is 5. The maximum Gasteiger partial charge on any atom is 0.433 e. The molecule has 4 aliphatic rings. The van der Waals surface area contributed by atoms with Crippen LogP contribution in [0.25, 0.3) is 0 Å². The molecule has 8 heteroatoms. The largest absolute Gasteiger partial charge is 0.468 e. The number of aliphatic hydroxyl groups is 2. The zero-order chi connectivity index (χ0) is 21.2. The summed E-state index contributed by atoms with van der Waals surface area (Å²) >= 11 is 0. The van der Waals surface area contributed by atoms with Crippen LogP contribution in [0.3, 0.4) is 0 Å². The molecule has 9 atom stereocenters. The minimum Gasteiger partial charge on any atom is -0.468 e. The lowest BCUT2D eigenvalue weighted by atomic mass is 9.81. The van der Waals surface area contributed by atoms with Crippen LogP contribution in [-0.4, -0.2) is 45.7 Å². The van der Waals surface area contributed by atoms with Gasteiger partial charge in [0.25, 0.3) is 0 Å². The van der Waals surface area contributed by atoms with Crippen molar-refractivity contribution < 1.29 is 32.9 Å². The number of alkyl halides is 3. The second-order valence-corrected chi connectivity index (χ2v) is 9.20. The van der Waals surface area contributed by atoms with E-state index < -0.39 is 42.4 Å². The zero-order valence-corrected chi connectivity index (χ0v) is 16.6. The van der Waals surface area contributed by atoms with Crippen LogP contribution in [0.5, 0.6) is 5.88 Å². The topological polar surface area (TPSA) is 71.8 Å². The molecule has 3 fully saturated rings. The Morgan fingerprint density at radius 2 is 1.90 bits per heavy atom. The van der Waals surface area contributed by atoms with Crippen LogP contribution in [-0.2, 0) is 10.9 Å². The number of allylic oxidation sites excluding steroid dienone is 1. The number of rotatable bonds is 3. The molecule has 2 bridgehead atoms. The molecule has 2 unspecified atom stereocenters. The van der Waals surface area contributed by atoms with Gasteiger partial charge < -0.3 is 19.7 Å².